The summed E-state index contributed by atoms with van der Waals surface area (Å²) in [4.78, 5) is 7.47. The molecule has 15 heavy (non-hydrogen) atoms. The molecule has 3 nitrogen and oxygen atoms in total. The van der Waals surface area contributed by atoms with Crippen LogP contribution in [-0.4, -0.2) is 15.1 Å². The lowest BCUT2D eigenvalue weighted by Gasteiger charge is -1.95. The number of H-pyrrole nitrogens is 1. The van der Waals surface area contributed by atoms with Crippen molar-refractivity contribution in [2.24, 2.45) is 0 Å². The van der Waals surface area contributed by atoms with Gasteiger partial charge in [-0.25, -0.2) is 4.98 Å². The van der Waals surface area contributed by atoms with Crippen molar-refractivity contribution >= 4 is 21.9 Å². The highest BCUT2D eigenvalue weighted by molar-refractivity contribution is 6.09. The van der Waals surface area contributed by atoms with Crippen molar-refractivity contribution < 1.29 is 5.11 Å². The molecule has 3 rings (SSSR count). The molecule has 0 saturated heterocycles. The molecule has 0 radical (unpaired) electrons. The van der Waals surface area contributed by atoms with Crippen molar-refractivity contribution in [3.63, 3.8) is 0 Å². The molecule has 0 bridgehead atoms. The van der Waals surface area contributed by atoms with Gasteiger partial charge in [-0.3, -0.25) is 0 Å². The third-order valence-electron chi connectivity index (χ3n) is 2.59. The Morgan fingerprint density at radius 2 is 2.20 bits per heavy atom. The number of phenolic OH excluding ortho intramolecular Hbond substituents is 1. The lowest BCUT2D eigenvalue weighted by Crippen LogP contribution is -1.77. The summed E-state index contributed by atoms with van der Waals surface area (Å²) in [6.07, 6.45) is 1.81. The Kier molecular flexibility index (Phi) is 1.51. The second-order valence-corrected chi connectivity index (χ2v) is 3.73. The van der Waals surface area contributed by atoms with Crippen molar-refractivity contribution in [1.82, 2.24) is 9.97 Å². The summed E-state index contributed by atoms with van der Waals surface area (Å²) in [5.74, 6) is 0.297. The molecule has 0 aliphatic rings. The minimum absolute atomic E-state index is 0.297. The predicted octanol–water partition coefficient (Wildman–Crippen LogP) is 2.73. The molecule has 0 fully saturated rings. The van der Waals surface area contributed by atoms with E-state index in [0.29, 0.717) is 5.75 Å². The molecule has 0 aliphatic carbocycles. The van der Waals surface area contributed by atoms with E-state index in [9.17, 15) is 5.11 Å². The van der Waals surface area contributed by atoms with Gasteiger partial charge < -0.3 is 10.1 Å². The van der Waals surface area contributed by atoms with Crippen LogP contribution >= 0.6 is 0 Å². The van der Waals surface area contributed by atoms with E-state index in [4.69, 9.17) is 0 Å². The second kappa shape index (κ2) is 2.73. The van der Waals surface area contributed by atoms with Crippen LogP contribution in [0.4, 0.5) is 0 Å². The number of rotatable bonds is 0. The monoisotopic (exact) mass is 198 g/mol. The molecule has 0 atom stereocenters. The fourth-order valence-electron chi connectivity index (χ4n) is 1.91. The highest BCUT2D eigenvalue weighted by Gasteiger charge is 2.08. The number of nitrogens with zero attached hydrogens (tertiary/aromatic N) is 1. The van der Waals surface area contributed by atoms with Gasteiger partial charge in [-0.1, -0.05) is 6.07 Å². The Labute approximate surface area is 86.4 Å². The smallest absolute Gasteiger partial charge is 0.138 e. The molecular formula is C12H10N2O. The predicted molar refractivity (Wildman–Crippen MR) is 60.0 cm³/mol. The maximum atomic E-state index is 9.80. The number of aromatic amines is 1. The summed E-state index contributed by atoms with van der Waals surface area (Å²) in [6.45, 7) is 1.99. The molecule has 2 N–H and O–H groups in total. The van der Waals surface area contributed by atoms with Crippen LogP contribution in [0, 0.1) is 6.92 Å². The zero-order valence-corrected chi connectivity index (χ0v) is 8.28. The standard InChI is InChI=1S/C12H10N2O/c1-7-5-8-11-9(3-2-4-10(11)15)14-12(8)13-6-7/h2-6,15H,1H3,(H,13,14). The number of hydrogen-bond donors (Lipinski definition) is 2. The number of aromatic hydroxyl groups is 1. The summed E-state index contributed by atoms with van der Waals surface area (Å²) < 4.78 is 0. The van der Waals surface area contributed by atoms with E-state index < -0.39 is 0 Å². The number of phenols is 1. The van der Waals surface area contributed by atoms with Crippen LogP contribution in [0.5, 0.6) is 5.75 Å². The van der Waals surface area contributed by atoms with Gasteiger partial charge in [0.15, 0.2) is 0 Å². The number of aromatic nitrogens is 2. The first-order chi connectivity index (χ1) is 7.25. The minimum atomic E-state index is 0.297. The van der Waals surface area contributed by atoms with Crippen LogP contribution in [0.1, 0.15) is 5.56 Å². The molecule has 3 aromatic rings. The normalized spacial score (nSPS) is 11.3. The summed E-state index contributed by atoms with van der Waals surface area (Å²) in [6, 6.07) is 7.48. The van der Waals surface area contributed by atoms with Crippen LogP contribution in [0.2, 0.25) is 0 Å². The maximum Gasteiger partial charge on any atom is 0.138 e. The van der Waals surface area contributed by atoms with Crippen LogP contribution in [0.25, 0.3) is 21.9 Å². The van der Waals surface area contributed by atoms with Gasteiger partial charge in [-0.15, -0.1) is 0 Å². The quantitative estimate of drug-likeness (QED) is 0.583. The molecule has 0 aliphatic heterocycles. The Morgan fingerprint density at radius 1 is 1.33 bits per heavy atom. The summed E-state index contributed by atoms with van der Waals surface area (Å²) in [7, 11) is 0. The first kappa shape index (κ1) is 8.29. The molecule has 1 aromatic carbocycles. The lowest BCUT2D eigenvalue weighted by molar-refractivity contribution is 0.482. The maximum absolute atomic E-state index is 9.80. The zero-order valence-electron chi connectivity index (χ0n) is 8.28. The van der Waals surface area contributed by atoms with Crippen LogP contribution in [0.3, 0.4) is 0 Å². The molecule has 74 valence electrons. The zero-order chi connectivity index (χ0) is 10.4. The third kappa shape index (κ3) is 1.09. The molecule has 0 amide bonds. The summed E-state index contributed by atoms with van der Waals surface area (Å²) in [5.41, 5.74) is 2.83. The fraction of sp³-hybridized carbons (Fsp3) is 0.0833. The number of benzene rings is 1. The topological polar surface area (TPSA) is 48.9 Å². The van der Waals surface area contributed by atoms with Crippen LogP contribution < -0.4 is 0 Å². The van der Waals surface area contributed by atoms with Gasteiger partial charge in [0.25, 0.3) is 0 Å². The van der Waals surface area contributed by atoms with E-state index >= 15 is 0 Å². The van der Waals surface area contributed by atoms with E-state index in [1.807, 2.05) is 31.3 Å². The molecule has 2 heterocycles. The minimum Gasteiger partial charge on any atom is -0.507 e. The van der Waals surface area contributed by atoms with Gasteiger partial charge in [0.05, 0.1) is 10.9 Å². The van der Waals surface area contributed by atoms with Gasteiger partial charge in [0, 0.05) is 11.6 Å². The molecule has 2 aromatic heterocycles. The van der Waals surface area contributed by atoms with Crippen molar-refractivity contribution in [3.8, 4) is 5.75 Å². The highest BCUT2D eigenvalue weighted by Crippen LogP contribution is 2.31. The van der Waals surface area contributed by atoms with E-state index in [0.717, 1.165) is 27.5 Å². The van der Waals surface area contributed by atoms with E-state index in [-0.39, 0.29) is 0 Å². The molecule has 0 spiro atoms. The second-order valence-electron chi connectivity index (χ2n) is 3.73. The summed E-state index contributed by atoms with van der Waals surface area (Å²) >= 11 is 0. The van der Waals surface area contributed by atoms with Gasteiger partial charge >= 0.3 is 0 Å². The molecule has 0 unspecified atom stereocenters. The SMILES string of the molecule is Cc1cnc2[nH]c3cccc(O)c3c2c1. The van der Waals surface area contributed by atoms with Gasteiger partial charge in [0.1, 0.15) is 11.4 Å². The number of nitrogens with one attached hydrogen (secondary N) is 1. The van der Waals surface area contributed by atoms with Crippen molar-refractivity contribution in [1.29, 1.82) is 0 Å². The van der Waals surface area contributed by atoms with Crippen molar-refractivity contribution in [3.05, 3.63) is 36.0 Å². The highest BCUT2D eigenvalue weighted by atomic mass is 16.3. The Morgan fingerprint density at radius 3 is 3.07 bits per heavy atom. The Balaban J connectivity index is 2.61. The number of pyridine rings is 1. The average molecular weight is 198 g/mol. The van der Waals surface area contributed by atoms with Gasteiger partial charge in [-0.05, 0) is 30.7 Å². The average Bonchev–Trinajstić information content (AvgIpc) is 2.57. The van der Waals surface area contributed by atoms with Crippen molar-refractivity contribution in [2.75, 3.05) is 0 Å². The van der Waals surface area contributed by atoms with Crippen LogP contribution in [-0.2, 0) is 0 Å². The van der Waals surface area contributed by atoms with Crippen LogP contribution in [0.15, 0.2) is 30.5 Å². The first-order valence-electron chi connectivity index (χ1n) is 4.82. The lowest BCUT2D eigenvalue weighted by atomic mass is 10.1. The van der Waals surface area contributed by atoms with E-state index in [2.05, 4.69) is 9.97 Å². The molecule has 3 heteroatoms. The van der Waals surface area contributed by atoms with E-state index in [1.165, 1.54) is 0 Å². The Hall–Kier alpha value is -2.03. The van der Waals surface area contributed by atoms with E-state index in [1.54, 1.807) is 6.07 Å². The fourth-order valence-corrected chi connectivity index (χ4v) is 1.91. The van der Waals surface area contributed by atoms with Gasteiger partial charge in [0.2, 0.25) is 0 Å². The number of fused-ring (bicyclic) bond motifs is 3. The number of hydrogen-bond acceptors (Lipinski definition) is 2. The molecular weight excluding hydrogens is 188 g/mol. The third-order valence-corrected chi connectivity index (χ3v) is 2.59. The summed E-state index contributed by atoms with van der Waals surface area (Å²) in [5, 5.41) is 11.6. The first-order valence-corrected chi connectivity index (χ1v) is 4.82. The largest absolute Gasteiger partial charge is 0.507 e. The molecule has 0 saturated carbocycles. The Bertz CT molecular complexity index is 655. The number of aryl methyl sites for hydroxylation is 1. The van der Waals surface area contributed by atoms with Gasteiger partial charge in [-0.2, -0.15) is 0 Å². The van der Waals surface area contributed by atoms with Crippen molar-refractivity contribution in [2.45, 2.75) is 6.92 Å².